The minimum absolute atomic E-state index is 0.0455. The maximum Gasteiger partial charge on any atom is 0.338 e. The topological polar surface area (TPSA) is 87.7 Å². The largest absolute Gasteiger partial charge is 0.452 e. The number of aryl methyl sites for hydroxylation is 1. The Bertz CT molecular complexity index is 1000. The first-order chi connectivity index (χ1) is 15.0. The lowest BCUT2D eigenvalue weighted by Gasteiger charge is -2.33. The molecule has 2 atom stereocenters. The molecule has 2 heterocycles. The highest BCUT2D eigenvalue weighted by molar-refractivity contribution is 6.05. The first-order valence-electron chi connectivity index (χ1n) is 10.7. The van der Waals surface area contributed by atoms with Gasteiger partial charge in [-0.1, -0.05) is 31.2 Å². The Morgan fingerprint density at radius 2 is 2.00 bits per heavy atom. The predicted octanol–water partition coefficient (Wildman–Crippen LogP) is 3.20. The van der Waals surface area contributed by atoms with Crippen LogP contribution in [0, 0.1) is 0 Å². The second-order valence-corrected chi connectivity index (χ2v) is 8.03. The molecule has 2 N–H and O–H groups in total. The van der Waals surface area contributed by atoms with Crippen LogP contribution in [0.2, 0.25) is 0 Å². The lowest BCUT2D eigenvalue weighted by atomic mass is 10.1. The molecule has 2 aliphatic heterocycles. The van der Waals surface area contributed by atoms with Crippen molar-refractivity contribution in [1.29, 1.82) is 0 Å². The highest BCUT2D eigenvalue weighted by Gasteiger charge is 2.36. The minimum Gasteiger partial charge on any atom is -0.452 e. The smallest absolute Gasteiger partial charge is 0.338 e. The summed E-state index contributed by atoms with van der Waals surface area (Å²) in [5.74, 6) is -1.02. The zero-order valence-corrected chi connectivity index (χ0v) is 17.8. The van der Waals surface area contributed by atoms with E-state index in [0.717, 1.165) is 37.1 Å². The van der Waals surface area contributed by atoms with Crippen LogP contribution in [0.5, 0.6) is 0 Å². The molecule has 31 heavy (non-hydrogen) atoms. The Morgan fingerprint density at radius 1 is 1.23 bits per heavy atom. The number of ether oxygens (including phenoxy) is 1. The van der Waals surface area contributed by atoms with Crippen LogP contribution >= 0.6 is 0 Å². The summed E-state index contributed by atoms with van der Waals surface area (Å²) in [6.45, 7) is 4.44. The number of rotatable bonds is 6. The van der Waals surface area contributed by atoms with Crippen molar-refractivity contribution in [3.05, 3.63) is 59.2 Å². The molecule has 1 saturated heterocycles. The average molecular weight is 421 g/mol. The molecule has 1 fully saturated rings. The maximum absolute atomic E-state index is 12.4. The molecule has 2 aromatic rings. The van der Waals surface area contributed by atoms with Crippen molar-refractivity contribution >= 4 is 29.2 Å². The Labute approximate surface area is 181 Å². The molecule has 0 aromatic heterocycles. The van der Waals surface area contributed by atoms with Crippen LogP contribution in [-0.2, 0) is 20.7 Å². The van der Waals surface area contributed by atoms with Crippen molar-refractivity contribution < 1.29 is 19.1 Å². The van der Waals surface area contributed by atoms with E-state index in [4.69, 9.17) is 4.74 Å². The summed E-state index contributed by atoms with van der Waals surface area (Å²) in [6, 6.07) is 12.8. The predicted molar refractivity (Wildman–Crippen MR) is 118 cm³/mol. The van der Waals surface area contributed by atoms with Crippen molar-refractivity contribution in [2.75, 3.05) is 23.4 Å². The molecule has 7 heteroatoms. The van der Waals surface area contributed by atoms with Gasteiger partial charge in [0.15, 0.2) is 6.61 Å². The third-order valence-corrected chi connectivity index (χ3v) is 5.95. The molecule has 0 aliphatic carbocycles. The fourth-order valence-corrected chi connectivity index (χ4v) is 4.18. The van der Waals surface area contributed by atoms with Gasteiger partial charge >= 0.3 is 5.97 Å². The van der Waals surface area contributed by atoms with Crippen molar-refractivity contribution in [3.63, 3.8) is 0 Å². The second-order valence-electron chi connectivity index (χ2n) is 8.03. The number of hydrogen-bond donors (Lipinski definition) is 2. The highest BCUT2D eigenvalue weighted by atomic mass is 16.5. The van der Waals surface area contributed by atoms with Gasteiger partial charge in [0.1, 0.15) is 6.04 Å². The van der Waals surface area contributed by atoms with Gasteiger partial charge in [-0.25, -0.2) is 4.79 Å². The van der Waals surface area contributed by atoms with Gasteiger partial charge in [0.05, 0.1) is 23.0 Å². The van der Waals surface area contributed by atoms with Crippen molar-refractivity contribution in [1.82, 2.24) is 5.32 Å². The molecule has 2 amide bonds. The van der Waals surface area contributed by atoms with Crippen LogP contribution < -0.4 is 15.5 Å². The summed E-state index contributed by atoms with van der Waals surface area (Å²) in [4.78, 5) is 39.0. The molecular formula is C24H27N3O4. The zero-order valence-electron chi connectivity index (χ0n) is 17.8. The third kappa shape index (κ3) is 4.40. The van der Waals surface area contributed by atoms with E-state index in [1.54, 1.807) is 12.1 Å². The number of carbonyl (C=O) groups excluding carboxylic acids is 3. The maximum atomic E-state index is 12.4. The molecule has 4 rings (SSSR count). The lowest BCUT2D eigenvalue weighted by molar-refractivity contribution is -0.124. The van der Waals surface area contributed by atoms with Crippen LogP contribution in [0.1, 0.15) is 54.2 Å². The molecule has 0 radical (unpaired) electrons. The monoisotopic (exact) mass is 421 g/mol. The van der Waals surface area contributed by atoms with E-state index in [9.17, 15) is 14.4 Å². The fourth-order valence-electron chi connectivity index (χ4n) is 4.18. The Kier molecular flexibility index (Phi) is 5.93. The number of nitrogens with one attached hydrogen (secondary N) is 2. The van der Waals surface area contributed by atoms with Gasteiger partial charge in [-0.3, -0.25) is 9.59 Å². The van der Waals surface area contributed by atoms with Gasteiger partial charge in [0.2, 0.25) is 5.91 Å². The van der Waals surface area contributed by atoms with Gasteiger partial charge in [0.25, 0.3) is 5.91 Å². The van der Waals surface area contributed by atoms with E-state index in [-0.39, 0.29) is 30.5 Å². The summed E-state index contributed by atoms with van der Waals surface area (Å²) in [5, 5.41) is 5.72. The van der Waals surface area contributed by atoms with E-state index in [2.05, 4.69) is 22.5 Å². The van der Waals surface area contributed by atoms with E-state index in [1.165, 1.54) is 5.56 Å². The first-order valence-corrected chi connectivity index (χ1v) is 10.7. The number of nitrogens with zero attached hydrogens (tertiary/aromatic N) is 1. The summed E-state index contributed by atoms with van der Waals surface area (Å²) in [5.41, 5.74) is 4.04. The Hall–Kier alpha value is -3.35. The number of fused-ring (bicyclic) bond motifs is 3. The molecule has 7 nitrogen and oxygen atoms in total. The molecule has 2 aromatic carbocycles. The molecule has 2 aliphatic rings. The van der Waals surface area contributed by atoms with Crippen LogP contribution in [-0.4, -0.2) is 37.0 Å². The standard InChI is InChI=1S/C24H27N3O4/c1-3-16-6-8-17(9-7-16)15(2)25-22(28)14-31-24(30)18-10-11-20-19(13-18)26-23(29)21-5-4-12-27(20)21/h6-11,13,15,21H,3-5,12,14H2,1-2H3,(H,25,28)(H,26,29)/t15-,21-/m0/s1. The highest BCUT2D eigenvalue weighted by Crippen LogP contribution is 2.37. The van der Waals surface area contributed by atoms with Crippen molar-refractivity contribution in [2.45, 2.75) is 45.2 Å². The van der Waals surface area contributed by atoms with Gasteiger partial charge in [-0.05, 0) is 55.5 Å². The number of amides is 2. The van der Waals surface area contributed by atoms with E-state index in [0.29, 0.717) is 11.3 Å². The number of hydrogen-bond acceptors (Lipinski definition) is 5. The van der Waals surface area contributed by atoms with Crippen LogP contribution in [0.3, 0.4) is 0 Å². The van der Waals surface area contributed by atoms with Gasteiger partial charge in [0, 0.05) is 6.54 Å². The van der Waals surface area contributed by atoms with E-state index in [1.807, 2.05) is 37.3 Å². The molecule has 0 saturated carbocycles. The van der Waals surface area contributed by atoms with Crippen LogP contribution in [0.25, 0.3) is 0 Å². The lowest BCUT2D eigenvalue weighted by Crippen LogP contribution is -2.43. The fraction of sp³-hybridized carbons (Fsp3) is 0.375. The van der Waals surface area contributed by atoms with E-state index < -0.39 is 5.97 Å². The zero-order chi connectivity index (χ0) is 22.0. The quantitative estimate of drug-likeness (QED) is 0.700. The summed E-state index contributed by atoms with van der Waals surface area (Å²) < 4.78 is 5.19. The summed E-state index contributed by atoms with van der Waals surface area (Å²) in [6.07, 6.45) is 2.77. The SMILES string of the molecule is CCc1ccc([C@H](C)NC(=O)COC(=O)c2ccc3c(c2)NC(=O)[C@@H]2CCCN32)cc1. The van der Waals surface area contributed by atoms with Crippen LogP contribution in [0.15, 0.2) is 42.5 Å². The normalized spacial score (nSPS) is 17.9. The summed E-state index contributed by atoms with van der Waals surface area (Å²) >= 11 is 0. The van der Waals surface area contributed by atoms with E-state index >= 15 is 0 Å². The van der Waals surface area contributed by atoms with Gasteiger partial charge in [-0.15, -0.1) is 0 Å². The molecule has 162 valence electrons. The third-order valence-electron chi connectivity index (χ3n) is 5.95. The van der Waals surface area contributed by atoms with Crippen LogP contribution in [0.4, 0.5) is 11.4 Å². The molecule has 0 unspecified atom stereocenters. The molecule has 0 spiro atoms. The minimum atomic E-state index is -0.601. The number of esters is 1. The number of benzene rings is 2. The first kappa shape index (κ1) is 20.9. The van der Waals surface area contributed by atoms with Gasteiger partial charge in [-0.2, -0.15) is 0 Å². The van der Waals surface area contributed by atoms with Crippen molar-refractivity contribution in [3.8, 4) is 0 Å². The summed E-state index contributed by atoms with van der Waals surface area (Å²) in [7, 11) is 0. The second kappa shape index (κ2) is 8.79. The number of carbonyl (C=O) groups is 3. The molecular weight excluding hydrogens is 394 g/mol. The van der Waals surface area contributed by atoms with Crippen molar-refractivity contribution in [2.24, 2.45) is 0 Å². The Balaban J connectivity index is 1.34. The molecule has 0 bridgehead atoms. The van der Waals surface area contributed by atoms with Gasteiger partial charge < -0.3 is 20.3 Å². The Morgan fingerprint density at radius 3 is 2.74 bits per heavy atom. The average Bonchev–Trinajstić information content (AvgIpc) is 3.28. The number of anilines is 2.